The molecular weight excluding hydrogens is 415 g/mol. The van der Waals surface area contributed by atoms with Gasteiger partial charge in [-0.3, -0.25) is 10.1 Å². The second-order valence-corrected chi connectivity index (χ2v) is 6.80. The molecule has 2 aromatic carbocycles. The van der Waals surface area contributed by atoms with Gasteiger partial charge in [0.25, 0.3) is 5.69 Å². The highest BCUT2D eigenvalue weighted by atomic mass is 32.1. The Hall–Kier alpha value is -3.53. The molecule has 0 saturated heterocycles. The van der Waals surface area contributed by atoms with Gasteiger partial charge in [-0.05, 0) is 31.2 Å². The number of carbonyl (C=O) groups is 1. The van der Waals surface area contributed by atoms with Gasteiger partial charge in [0.05, 0.1) is 30.4 Å². The van der Waals surface area contributed by atoms with E-state index in [9.17, 15) is 19.3 Å². The van der Waals surface area contributed by atoms with Crippen molar-refractivity contribution in [3.63, 3.8) is 0 Å². The Kier molecular flexibility index (Phi) is 6.58. The Labute approximate surface area is 175 Å². The summed E-state index contributed by atoms with van der Waals surface area (Å²) in [4.78, 5) is 27.6. The van der Waals surface area contributed by atoms with Gasteiger partial charge in [0.1, 0.15) is 23.0 Å². The largest absolute Gasteiger partial charge is 0.493 e. The summed E-state index contributed by atoms with van der Waals surface area (Å²) in [7, 11) is 1.37. The smallest absolute Gasteiger partial charge is 0.345 e. The van der Waals surface area contributed by atoms with Gasteiger partial charge in [0.2, 0.25) is 0 Å². The van der Waals surface area contributed by atoms with Gasteiger partial charge in [-0.15, -0.1) is 11.3 Å². The molecule has 1 heterocycles. The summed E-state index contributed by atoms with van der Waals surface area (Å²) in [5.41, 5.74) is 0.489. The van der Waals surface area contributed by atoms with Crippen molar-refractivity contribution >= 4 is 23.0 Å². The number of nitrogens with zero attached hydrogens (tertiary/aromatic N) is 2. The number of thiazole rings is 1. The van der Waals surface area contributed by atoms with Crippen molar-refractivity contribution in [2.45, 2.75) is 13.5 Å². The third-order valence-electron chi connectivity index (χ3n) is 3.99. The second-order valence-electron chi connectivity index (χ2n) is 5.94. The van der Waals surface area contributed by atoms with Crippen molar-refractivity contribution in [1.29, 1.82) is 0 Å². The van der Waals surface area contributed by atoms with Crippen LogP contribution in [0.25, 0.3) is 10.6 Å². The number of hydrogen-bond acceptors (Lipinski definition) is 8. The Balaban J connectivity index is 1.77. The first-order valence-electron chi connectivity index (χ1n) is 8.79. The Morgan fingerprint density at radius 3 is 2.60 bits per heavy atom. The van der Waals surface area contributed by atoms with Crippen LogP contribution in [0.15, 0.2) is 41.8 Å². The fourth-order valence-corrected chi connectivity index (χ4v) is 3.42. The van der Waals surface area contributed by atoms with Gasteiger partial charge < -0.3 is 14.2 Å². The number of benzene rings is 2. The van der Waals surface area contributed by atoms with Crippen molar-refractivity contribution in [3.05, 3.63) is 69.0 Å². The predicted octanol–water partition coefficient (Wildman–Crippen LogP) is 4.62. The van der Waals surface area contributed by atoms with E-state index in [0.717, 1.165) is 11.6 Å². The molecular formula is C20H17FN2O6S. The van der Waals surface area contributed by atoms with Gasteiger partial charge in [-0.1, -0.05) is 0 Å². The molecule has 3 aromatic rings. The maximum absolute atomic E-state index is 13.1. The van der Waals surface area contributed by atoms with Crippen molar-refractivity contribution < 1.29 is 28.3 Å². The van der Waals surface area contributed by atoms with Crippen molar-refractivity contribution in [3.8, 4) is 22.1 Å². The lowest BCUT2D eigenvalue weighted by atomic mass is 10.1. The summed E-state index contributed by atoms with van der Waals surface area (Å²) in [6, 6.07) is 8.20. The van der Waals surface area contributed by atoms with Crippen molar-refractivity contribution in [1.82, 2.24) is 4.98 Å². The molecule has 0 fully saturated rings. The average Bonchev–Trinajstić information content (AvgIpc) is 3.21. The van der Waals surface area contributed by atoms with Crippen LogP contribution < -0.4 is 9.47 Å². The number of nitro benzene ring substituents is 1. The molecule has 0 bridgehead atoms. The molecule has 0 atom stereocenters. The number of carbonyl (C=O) groups excluding carboxylic acids is 1. The van der Waals surface area contributed by atoms with Crippen molar-refractivity contribution in [2.24, 2.45) is 0 Å². The molecule has 0 saturated carbocycles. The fraction of sp³-hybridized carbons (Fsp3) is 0.200. The minimum Gasteiger partial charge on any atom is -0.493 e. The van der Waals surface area contributed by atoms with E-state index < -0.39 is 16.6 Å². The highest BCUT2D eigenvalue weighted by molar-refractivity contribution is 7.13. The molecule has 0 N–H and O–H groups in total. The molecule has 0 aliphatic heterocycles. The maximum Gasteiger partial charge on any atom is 0.345 e. The van der Waals surface area contributed by atoms with E-state index in [-0.39, 0.29) is 36.1 Å². The number of hydrogen-bond donors (Lipinski definition) is 0. The van der Waals surface area contributed by atoms with Gasteiger partial charge >= 0.3 is 5.97 Å². The zero-order valence-corrected chi connectivity index (χ0v) is 16.9. The van der Waals surface area contributed by atoms with Crippen LogP contribution in [-0.2, 0) is 11.3 Å². The van der Waals surface area contributed by atoms with Crippen LogP contribution >= 0.6 is 11.3 Å². The topological polar surface area (TPSA) is 101 Å². The second kappa shape index (κ2) is 9.31. The monoisotopic (exact) mass is 432 g/mol. The minimum absolute atomic E-state index is 0.159. The van der Waals surface area contributed by atoms with Gasteiger partial charge in [0.15, 0.2) is 11.5 Å². The Morgan fingerprint density at radius 2 is 1.97 bits per heavy atom. The van der Waals surface area contributed by atoms with E-state index in [2.05, 4.69) is 4.98 Å². The van der Waals surface area contributed by atoms with Crippen LogP contribution in [0, 0.1) is 15.9 Å². The van der Waals surface area contributed by atoms with Crippen LogP contribution in [0.1, 0.15) is 23.0 Å². The quantitative estimate of drug-likeness (QED) is 0.291. The van der Waals surface area contributed by atoms with Crippen LogP contribution in [0.5, 0.6) is 11.5 Å². The molecule has 8 nitrogen and oxygen atoms in total. The number of rotatable bonds is 8. The van der Waals surface area contributed by atoms with Crippen LogP contribution in [0.4, 0.5) is 10.1 Å². The molecule has 0 aliphatic rings. The molecule has 0 radical (unpaired) electrons. The maximum atomic E-state index is 13.1. The summed E-state index contributed by atoms with van der Waals surface area (Å²) < 4.78 is 28.7. The zero-order valence-electron chi connectivity index (χ0n) is 16.1. The lowest BCUT2D eigenvalue weighted by Gasteiger charge is -2.11. The van der Waals surface area contributed by atoms with Crippen LogP contribution in [-0.4, -0.2) is 29.6 Å². The summed E-state index contributed by atoms with van der Waals surface area (Å²) >= 11 is 1.31. The van der Waals surface area contributed by atoms with E-state index in [1.165, 1.54) is 36.6 Å². The van der Waals surface area contributed by atoms with E-state index in [1.807, 2.05) is 0 Å². The molecule has 3 rings (SSSR count). The molecule has 156 valence electrons. The lowest BCUT2D eigenvalue weighted by molar-refractivity contribution is -0.385. The minimum atomic E-state index is -0.889. The summed E-state index contributed by atoms with van der Waals surface area (Å²) in [5, 5.41) is 13.7. The first kappa shape index (κ1) is 21.2. The number of methoxy groups -OCH3 is 1. The Bertz CT molecular complexity index is 1070. The Morgan fingerprint density at radius 1 is 1.23 bits per heavy atom. The number of esters is 1. The zero-order chi connectivity index (χ0) is 21.7. The predicted molar refractivity (Wildman–Crippen MR) is 107 cm³/mol. The third-order valence-corrected chi connectivity index (χ3v) is 4.93. The molecule has 0 aliphatic carbocycles. The van der Waals surface area contributed by atoms with E-state index >= 15 is 0 Å². The molecule has 0 unspecified atom stereocenters. The van der Waals surface area contributed by atoms with Crippen molar-refractivity contribution in [2.75, 3.05) is 13.7 Å². The highest BCUT2D eigenvalue weighted by Crippen LogP contribution is 2.35. The first-order chi connectivity index (χ1) is 14.4. The SMILES string of the molecule is CCOc1cc([N+](=O)[O-])c(C(=O)OCc2csc(-c3ccc(F)cc3)n2)cc1OC. The van der Waals surface area contributed by atoms with Gasteiger partial charge in [-0.25, -0.2) is 14.2 Å². The van der Waals surface area contributed by atoms with E-state index in [0.29, 0.717) is 10.7 Å². The number of nitro groups is 1. The summed E-state index contributed by atoms with van der Waals surface area (Å²) in [6.07, 6.45) is 0. The summed E-state index contributed by atoms with van der Waals surface area (Å²) in [6.45, 7) is 1.82. The number of halogens is 1. The van der Waals surface area contributed by atoms with Gasteiger partial charge in [-0.2, -0.15) is 0 Å². The highest BCUT2D eigenvalue weighted by Gasteiger charge is 2.26. The van der Waals surface area contributed by atoms with E-state index in [4.69, 9.17) is 14.2 Å². The normalized spacial score (nSPS) is 10.5. The number of aromatic nitrogens is 1. The van der Waals surface area contributed by atoms with E-state index in [1.54, 1.807) is 24.4 Å². The molecule has 0 spiro atoms. The molecule has 10 heteroatoms. The molecule has 0 amide bonds. The average molecular weight is 432 g/mol. The molecule has 30 heavy (non-hydrogen) atoms. The van der Waals surface area contributed by atoms with Crippen LogP contribution in [0.2, 0.25) is 0 Å². The first-order valence-corrected chi connectivity index (χ1v) is 9.67. The lowest BCUT2D eigenvalue weighted by Crippen LogP contribution is -2.10. The standard InChI is InChI=1S/C20H17FN2O6S/c1-3-28-18-9-16(23(25)26)15(8-17(18)27-2)20(24)29-10-14-11-30-19(22-14)12-4-6-13(21)7-5-12/h4-9,11H,3,10H2,1-2H3. The summed E-state index contributed by atoms with van der Waals surface area (Å²) in [5.74, 6) is -0.899. The number of ether oxygens (including phenoxy) is 3. The third kappa shape index (κ3) is 4.71. The molecule has 1 aromatic heterocycles. The van der Waals surface area contributed by atoms with Gasteiger partial charge in [0, 0.05) is 17.0 Å². The fourth-order valence-electron chi connectivity index (χ4n) is 2.61. The van der Waals surface area contributed by atoms with Crippen LogP contribution in [0.3, 0.4) is 0 Å².